The number of urea groups is 1. The number of aliphatic carboxylic acids is 1. The van der Waals surface area contributed by atoms with E-state index < -0.39 is 12.0 Å². The highest BCUT2D eigenvalue weighted by Crippen LogP contribution is 2.34. The van der Waals surface area contributed by atoms with Gasteiger partial charge in [-0.15, -0.1) is 11.8 Å². The largest absolute Gasteiger partial charge is 0.480 e. The van der Waals surface area contributed by atoms with Gasteiger partial charge < -0.3 is 16.2 Å². The summed E-state index contributed by atoms with van der Waals surface area (Å²) in [5, 5.41) is 12.2. The van der Waals surface area contributed by atoms with Crippen LogP contribution in [0.15, 0.2) is 0 Å². The number of nitrogens with two attached hydrogens (primary N) is 1. The molecule has 1 heterocycles. The normalized spacial score (nSPS) is 33.2. The first-order valence-electron chi connectivity index (χ1n) is 7.60. The number of thioether (sulfide) groups is 1. The number of nitrogens with one attached hydrogen (secondary N) is 1. The van der Waals surface area contributed by atoms with Gasteiger partial charge in [0.1, 0.15) is 6.04 Å². The van der Waals surface area contributed by atoms with Gasteiger partial charge in [0.25, 0.3) is 0 Å². The average molecular weight is 315 g/mol. The zero-order chi connectivity index (χ0) is 15.6. The Morgan fingerprint density at radius 2 is 2.00 bits per heavy atom. The fraction of sp³-hybridized carbons (Fsp3) is 0.857. The zero-order valence-corrected chi connectivity index (χ0v) is 13.4. The van der Waals surface area contributed by atoms with Crippen molar-refractivity contribution in [2.24, 2.45) is 11.7 Å². The van der Waals surface area contributed by atoms with E-state index in [1.807, 2.05) is 13.8 Å². The van der Waals surface area contributed by atoms with Crippen LogP contribution in [0.25, 0.3) is 0 Å². The predicted octanol–water partition coefficient (Wildman–Crippen LogP) is 1.45. The predicted molar refractivity (Wildman–Crippen MR) is 83.1 cm³/mol. The summed E-state index contributed by atoms with van der Waals surface area (Å²) in [6.45, 7) is 4.02. The summed E-state index contributed by atoms with van der Waals surface area (Å²) in [7, 11) is 0. The molecule has 2 fully saturated rings. The molecule has 1 aliphatic heterocycles. The third-order valence-electron chi connectivity index (χ3n) is 4.25. The number of hydrogen-bond acceptors (Lipinski definition) is 4. The van der Waals surface area contributed by atoms with Gasteiger partial charge in [-0.3, -0.25) is 4.90 Å². The molecule has 0 aromatic heterocycles. The van der Waals surface area contributed by atoms with Crippen LogP contribution in [0.4, 0.5) is 4.79 Å². The zero-order valence-electron chi connectivity index (χ0n) is 12.6. The fourth-order valence-corrected chi connectivity index (χ4v) is 4.53. The standard InChI is InChI=1S/C14H25N3O3S/c1-8(2)12-17(11(7-21-12)13(18)19)14(20)16-10-6-4-3-5-9(10)15/h8-12H,3-7,15H2,1-2H3,(H,16,20)(H,18,19). The first-order valence-corrected chi connectivity index (χ1v) is 8.65. The molecule has 0 aromatic rings. The molecular formula is C14H25N3O3S. The third-order valence-corrected chi connectivity index (χ3v) is 5.87. The van der Waals surface area contributed by atoms with Gasteiger partial charge in [0.05, 0.1) is 5.37 Å². The van der Waals surface area contributed by atoms with E-state index in [1.54, 1.807) is 0 Å². The van der Waals surface area contributed by atoms with Crippen LogP contribution in [0.2, 0.25) is 0 Å². The molecule has 0 spiro atoms. The monoisotopic (exact) mass is 315 g/mol. The first-order chi connectivity index (χ1) is 9.91. The Kier molecular flexibility index (Phi) is 5.37. The van der Waals surface area contributed by atoms with Gasteiger partial charge in [-0.2, -0.15) is 0 Å². The molecule has 7 heteroatoms. The number of carboxylic acids is 1. The summed E-state index contributed by atoms with van der Waals surface area (Å²) in [6, 6.07) is -1.10. The van der Waals surface area contributed by atoms with Gasteiger partial charge in [-0.1, -0.05) is 26.7 Å². The van der Waals surface area contributed by atoms with E-state index in [0.717, 1.165) is 25.7 Å². The van der Waals surface area contributed by atoms with Gasteiger partial charge in [-0.25, -0.2) is 9.59 Å². The molecular weight excluding hydrogens is 290 g/mol. The average Bonchev–Trinajstić information content (AvgIpc) is 2.86. The van der Waals surface area contributed by atoms with Gasteiger partial charge in [-0.05, 0) is 18.8 Å². The Hall–Kier alpha value is -0.950. The molecule has 0 radical (unpaired) electrons. The highest BCUT2D eigenvalue weighted by Gasteiger charge is 2.43. The van der Waals surface area contributed by atoms with Gasteiger partial charge >= 0.3 is 12.0 Å². The second kappa shape index (κ2) is 6.87. The van der Waals surface area contributed by atoms with Gasteiger partial charge in [0.2, 0.25) is 0 Å². The lowest BCUT2D eigenvalue weighted by Crippen LogP contribution is -2.57. The Bertz CT molecular complexity index is 405. The van der Waals surface area contributed by atoms with Crippen LogP contribution in [0, 0.1) is 5.92 Å². The van der Waals surface area contributed by atoms with Crippen molar-refractivity contribution in [3.63, 3.8) is 0 Å². The van der Waals surface area contributed by atoms with Gasteiger partial charge in [0, 0.05) is 17.8 Å². The van der Waals surface area contributed by atoms with E-state index in [0.29, 0.717) is 5.75 Å². The summed E-state index contributed by atoms with van der Waals surface area (Å²) in [5.41, 5.74) is 6.06. The number of carboxylic acid groups (broad SMARTS) is 1. The number of rotatable bonds is 3. The molecule has 120 valence electrons. The maximum atomic E-state index is 12.6. The van der Waals surface area contributed by atoms with E-state index in [2.05, 4.69) is 5.32 Å². The van der Waals surface area contributed by atoms with E-state index in [4.69, 9.17) is 5.73 Å². The lowest BCUT2D eigenvalue weighted by Gasteiger charge is -2.34. The van der Waals surface area contributed by atoms with E-state index in [9.17, 15) is 14.7 Å². The van der Waals surface area contributed by atoms with Crippen LogP contribution < -0.4 is 11.1 Å². The molecule has 1 saturated heterocycles. The molecule has 0 aromatic carbocycles. The van der Waals surface area contributed by atoms with Crippen molar-refractivity contribution in [1.82, 2.24) is 10.2 Å². The lowest BCUT2D eigenvalue weighted by molar-refractivity contribution is -0.141. The van der Waals surface area contributed by atoms with Crippen LogP contribution >= 0.6 is 11.8 Å². The molecule has 2 amide bonds. The number of carbonyl (C=O) groups is 2. The lowest BCUT2D eigenvalue weighted by atomic mass is 9.91. The maximum absolute atomic E-state index is 12.6. The second-order valence-electron chi connectivity index (χ2n) is 6.23. The summed E-state index contributed by atoms with van der Waals surface area (Å²) >= 11 is 1.54. The molecule has 21 heavy (non-hydrogen) atoms. The van der Waals surface area contributed by atoms with Crippen molar-refractivity contribution < 1.29 is 14.7 Å². The number of amides is 2. The quantitative estimate of drug-likeness (QED) is 0.732. The Morgan fingerprint density at radius 1 is 1.33 bits per heavy atom. The van der Waals surface area contributed by atoms with E-state index in [-0.39, 0.29) is 29.4 Å². The molecule has 6 nitrogen and oxygen atoms in total. The Balaban J connectivity index is 2.07. The smallest absolute Gasteiger partial charge is 0.327 e. The van der Waals surface area contributed by atoms with Crippen molar-refractivity contribution in [1.29, 1.82) is 0 Å². The fourth-order valence-electron chi connectivity index (χ4n) is 3.06. The molecule has 1 saturated carbocycles. The Labute approximate surface area is 129 Å². The van der Waals surface area contributed by atoms with Crippen molar-refractivity contribution in [3.8, 4) is 0 Å². The van der Waals surface area contributed by atoms with Crippen LogP contribution in [-0.2, 0) is 4.79 Å². The van der Waals surface area contributed by atoms with Crippen LogP contribution in [0.3, 0.4) is 0 Å². The maximum Gasteiger partial charge on any atom is 0.327 e. The molecule has 0 bridgehead atoms. The summed E-state index contributed by atoms with van der Waals surface area (Å²) in [5.74, 6) is -0.277. The molecule has 4 atom stereocenters. The van der Waals surface area contributed by atoms with Crippen LogP contribution in [-0.4, -0.2) is 51.3 Å². The van der Waals surface area contributed by atoms with Crippen molar-refractivity contribution >= 4 is 23.8 Å². The van der Waals surface area contributed by atoms with E-state index in [1.165, 1.54) is 16.7 Å². The van der Waals surface area contributed by atoms with E-state index >= 15 is 0 Å². The number of hydrogen-bond donors (Lipinski definition) is 3. The highest BCUT2D eigenvalue weighted by molar-refractivity contribution is 8.00. The molecule has 2 aliphatic rings. The van der Waals surface area contributed by atoms with Crippen LogP contribution in [0.5, 0.6) is 0 Å². The topological polar surface area (TPSA) is 95.7 Å². The van der Waals surface area contributed by atoms with Crippen molar-refractivity contribution in [2.45, 2.75) is 63.0 Å². The molecule has 4 N–H and O–H groups in total. The summed E-state index contributed by atoms with van der Waals surface area (Å²) < 4.78 is 0. The van der Waals surface area contributed by atoms with Crippen LogP contribution in [0.1, 0.15) is 39.5 Å². The summed E-state index contributed by atoms with van der Waals surface area (Å²) in [6.07, 6.45) is 3.94. The molecule has 1 aliphatic carbocycles. The summed E-state index contributed by atoms with van der Waals surface area (Å²) in [4.78, 5) is 25.5. The molecule has 4 unspecified atom stereocenters. The minimum atomic E-state index is -0.936. The number of nitrogens with zero attached hydrogens (tertiary/aromatic N) is 1. The molecule has 2 rings (SSSR count). The minimum Gasteiger partial charge on any atom is -0.480 e. The van der Waals surface area contributed by atoms with Crippen molar-refractivity contribution in [3.05, 3.63) is 0 Å². The number of carbonyl (C=O) groups excluding carboxylic acids is 1. The van der Waals surface area contributed by atoms with Crippen molar-refractivity contribution in [2.75, 3.05) is 5.75 Å². The second-order valence-corrected chi connectivity index (χ2v) is 7.38. The first kappa shape index (κ1) is 16.4. The van der Waals surface area contributed by atoms with Gasteiger partial charge in [0.15, 0.2) is 0 Å². The Morgan fingerprint density at radius 3 is 2.57 bits per heavy atom. The third kappa shape index (κ3) is 3.63. The SMILES string of the molecule is CC(C)C1SCC(C(=O)O)N1C(=O)NC1CCCCC1N. The highest BCUT2D eigenvalue weighted by atomic mass is 32.2. The minimum absolute atomic E-state index is 0.0289.